The van der Waals surface area contributed by atoms with E-state index in [1.165, 1.54) is 6.42 Å². The van der Waals surface area contributed by atoms with E-state index in [1.807, 2.05) is 38.1 Å². The fourth-order valence-electron chi connectivity index (χ4n) is 5.09. The van der Waals surface area contributed by atoms with Gasteiger partial charge in [-0.3, -0.25) is 24.9 Å². The number of allylic oxidation sites excluding steroid dienone is 3. The first-order chi connectivity index (χ1) is 22.6. The number of amidine groups is 1. The van der Waals surface area contributed by atoms with Crippen molar-refractivity contribution in [1.82, 2.24) is 10.2 Å². The zero-order valence-corrected chi connectivity index (χ0v) is 33.8. The van der Waals surface area contributed by atoms with Gasteiger partial charge in [-0.05, 0) is 98.6 Å². The van der Waals surface area contributed by atoms with Gasteiger partial charge in [-0.15, -0.1) is 0 Å². The highest BCUT2D eigenvalue weighted by atomic mass is 16.1. The van der Waals surface area contributed by atoms with Crippen molar-refractivity contribution < 1.29 is 9.59 Å². The van der Waals surface area contributed by atoms with Crippen molar-refractivity contribution in [3.05, 3.63) is 59.3 Å². The van der Waals surface area contributed by atoms with Crippen molar-refractivity contribution in [1.29, 1.82) is 5.41 Å². The lowest BCUT2D eigenvalue weighted by molar-refractivity contribution is -0.102. The second-order valence-corrected chi connectivity index (χ2v) is 16.0. The first-order valence-electron chi connectivity index (χ1n) is 18.2. The molecule has 1 aliphatic rings. The maximum absolute atomic E-state index is 12.5. The average molecular weight is 683 g/mol. The molecule has 0 saturated heterocycles. The Bertz CT molecular complexity index is 1180. The van der Waals surface area contributed by atoms with Crippen molar-refractivity contribution in [2.75, 3.05) is 13.6 Å². The summed E-state index contributed by atoms with van der Waals surface area (Å²) in [5.41, 5.74) is 14.3. The Kier molecular flexibility index (Phi) is 22.7. The fourth-order valence-corrected chi connectivity index (χ4v) is 5.09. The lowest BCUT2D eigenvalue weighted by atomic mass is 9.79. The molecule has 0 spiro atoms. The third-order valence-corrected chi connectivity index (χ3v) is 7.54. The second kappa shape index (κ2) is 23.2. The monoisotopic (exact) mass is 683 g/mol. The summed E-state index contributed by atoms with van der Waals surface area (Å²) in [6.45, 7) is 31.8. The molecule has 1 unspecified atom stereocenters. The number of amides is 1. The topological polar surface area (TPSA) is 138 Å². The zero-order chi connectivity index (χ0) is 38.6. The van der Waals surface area contributed by atoms with Crippen LogP contribution in [0.15, 0.2) is 53.2 Å². The van der Waals surface area contributed by atoms with Crippen LogP contribution in [0.3, 0.4) is 0 Å². The number of hydrogen-bond acceptors (Lipinski definition) is 6. The highest BCUT2D eigenvalue weighted by Crippen LogP contribution is 2.43. The number of benzene rings is 1. The summed E-state index contributed by atoms with van der Waals surface area (Å²) in [5, 5.41) is 10.0. The van der Waals surface area contributed by atoms with Crippen LogP contribution in [0, 0.1) is 22.2 Å². The molecule has 1 saturated carbocycles. The Labute approximate surface area is 301 Å². The summed E-state index contributed by atoms with van der Waals surface area (Å²) >= 11 is 0. The Hall–Kier alpha value is -3.26. The summed E-state index contributed by atoms with van der Waals surface area (Å²) < 4.78 is 0. The predicted octanol–water partition coefficient (Wildman–Crippen LogP) is 9.61. The van der Waals surface area contributed by atoms with Crippen LogP contribution >= 0.6 is 0 Å². The minimum atomic E-state index is -0.567. The van der Waals surface area contributed by atoms with Crippen LogP contribution in [0.5, 0.6) is 0 Å². The lowest BCUT2D eigenvalue weighted by Crippen LogP contribution is -2.50. The van der Waals surface area contributed by atoms with E-state index in [9.17, 15) is 9.59 Å². The van der Waals surface area contributed by atoms with Crippen LogP contribution in [-0.4, -0.2) is 47.9 Å². The summed E-state index contributed by atoms with van der Waals surface area (Å²) in [5.74, 6) is 0.235. The molecule has 0 heterocycles. The van der Waals surface area contributed by atoms with Gasteiger partial charge in [0.2, 0.25) is 0 Å². The number of carbonyl (C=O) groups excluding carboxylic acids is 2. The van der Waals surface area contributed by atoms with Crippen molar-refractivity contribution in [3.8, 4) is 0 Å². The Morgan fingerprint density at radius 2 is 1.55 bits per heavy atom. The van der Waals surface area contributed by atoms with Crippen LogP contribution < -0.4 is 16.8 Å². The van der Waals surface area contributed by atoms with E-state index in [1.54, 1.807) is 13.0 Å². The minimum absolute atomic E-state index is 0.0136. The van der Waals surface area contributed by atoms with Crippen molar-refractivity contribution in [2.24, 2.45) is 33.2 Å². The molecular weight excluding hydrogens is 608 g/mol. The smallest absolute Gasteiger partial charge is 0.251 e. The summed E-state index contributed by atoms with van der Waals surface area (Å²) in [4.78, 5) is 32.2. The normalized spacial score (nSPS) is 18.7. The highest BCUT2D eigenvalue weighted by Gasteiger charge is 2.41. The third-order valence-electron chi connectivity index (χ3n) is 7.54. The summed E-state index contributed by atoms with van der Waals surface area (Å²) in [7, 11) is 2.11. The number of carbonyl (C=O) groups is 2. The molecule has 0 aromatic heterocycles. The van der Waals surface area contributed by atoms with Gasteiger partial charge in [0.15, 0.2) is 6.29 Å². The van der Waals surface area contributed by atoms with Gasteiger partial charge in [-0.1, -0.05) is 108 Å². The first-order valence-corrected chi connectivity index (χ1v) is 18.2. The summed E-state index contributed by atoms with van der Waals surface area (Å²) in [6.07, 6.45) is 9.30. The standard InChI is InChI=1S/C31H48N6O2.C5H12.C3H8.C2H6/c1-21-12-16-31(17-13-21,36-26(20-38)22(2)18-23(3)32)37(7)27(14-15-30(4,5)6)24-8-10-25(11-9-24)29(39)35-19-28(33)34;1-5(2,3)4;1-3-2;1-2/h8-11,18,20-21,27H,2,12-17,19,32H2,1,3-7H3,(H3,33,34)(H,35,39);1-4H3;3H2,1-2H3;1-2H3/b23-18-,36-26+;;;. The maximum Gasteiger partial charge on any atom is 0.251 e. The molecule has 8 nitrogen and oxygen atoms in total. The van der Waals surface area contributed by atoms with Gasteiger partial charge >= 0.3 is 0 Å². The molecule has 0 bridgehead atoms. The number of nitrogens with zero attached hydrogens (tertiary/aromatic N) is 2. The highest BCUT2D eigenvalue weighted by molar-refractivity contribution is 6.37. The molecular formula is C41H74N6O2. The largest absolute Gasteiger partial charge is 0.402 e. The number of hydrogen-bond donors (Lipinski definition) is 4. The number of nitrogens with one attached hydrogen (secondary N) is 2. The quantitative estimate of drug-likeness (QED) is 0.0753. The molecule has 0 radical (unpaired) electrons. The van der Waals surface area contributed by atoms with Crippen LogP contribution in [0.2, 0.25) is 0 Å². The maximum atomic E-state index is 12.5. The van der Waals surface area contributed by atoms with Crippen LogP contribution in [-0.2, 0) is 4.79 Å². The number of aliphatic imine (C=N–C) groups is 1. The number of nitrogens with two attached hydrogens (primary N) is 2. The average Bonchev–Trinajstić information content (AvgIpc) is 2.99. The van der Waals surface area contributed by atoms with E-state index in [0.717, 1.165) is 50.4 Å². The molecule has 6 N–H and O–H groups in total. The van der Waals surface area contributed by atoms with E-state index >= 15 is 0 Å². The van der Waals surface area contributed by atoms with Crippen LogP contribution in [0.1, 0.15) is 157 Å². The van der Waals surface area contributed by atoms with Gasteiger partial charge in [0, 0.05) is 17.3 Å². The van der Waals surface area contributed by atoms with E-state index in [2.05, 4.69) is 93.1 Å². The molecule has 1 fully saturated rings. The van der Waals surface area contributed by atoms with Crippen LogP contribution in [0.25, 0.3) is 0 Å². The molecule has 1 atom stereocenters. The van der Waals surface area contributed by atoms with Crippen molar-refractivity contribution in [3.63, 3.8) is 0 Å². The Morgan fingerprint density at radius 1 is 1.08 bits per heavy atom. The van der Waals surface area contributed by atoms with Gasteiger partial charge in [0.25, 0.3) is 5.91 Å². The van der Waals surface area contributed by atoms with E-state index in [4.69, 9.17) is 21.9 Å². The van der Waals surface area contributed by atoms with E-state index < -0.39 is 5.66 Å². The third kappa shape index (κ3) is 20.8. The molecule has 280 valence electrons. The van der Waals surface area contributed by atoms with Crippen molar-refractivity contribution >= 4 is 23.7 Å². The van der Waals surface area contributed by atoms with Gasteiger partial charge < -0.3 is 16.8 Å². The minimum Gasteiger partial charge on any atom is -0.402 e. The number of aldehydes is 1. The molecule has 2 rings (SSSR count). The van der Waals surface area contributed by atoms with Gasteiger partial charge in [0.1, 0.15) is 17.2 Å². The van der Waals surface area contributed by atoms with Gasteiger partial charge in [-0.2, -0.15) is 0 Å². The van der Waals surface area contributed by atoms with Crippen LogP contribution in [0.4, 0.5) is 0 Å². The SMILES string of the molecule is C=C(/C=C(/C)N)/C(C=O)=N/C1(N(C)C(CCC(C)(C)C)c2ccc(C(=O)NCC(=N)N)cc2)CCC(C)CC1.CC.CC(C)(C)C.CCC. The first kappa shape index (κ1) is 47.9. The molecule has 1 amide bonds. The molecule has 1 aromatic rings. The summed E-state index contributed by atoms with van der Waals surface area (Å²) in [6, 6.07) is 7.64. The predicted molar refractivity (Wildman–Crippen MR) is 213 cm³/mol. The van der Waals surface area contributed by atoms with E-state index in [-0.39, 0.29) is 29.7 Å². The van der Waals surface area contributed by atoms with Gasteiger partial charge in [0.05, 0.1) is 6.54 Å². The number of rotatable bonds is 12. The van der Waals surface area contributed by atoms with E-state index in [0.29, 0.717) is 33.9 Å². The fraction of sp³-hybridized carbons (Fsp3) is 0.659. The Balaban J connectivity index is 0. The van der Waals surface area contributed by atoms with Gasteiger partial charge in [-0.25, -0.2) is 0 Å². The molecule has 1 aliphatic carbocycles. The molecule has 8 heteroatoms. The Morgan fingerprint density at radius 3 is 1.94 bits per heavy atom. The second-order valence-electron chi connectivity index (χ2n) is 16.0. The molecule has 1 aromatic carbocycles. The molecule has 0 aliphatic heterocycles. The molecule has 49 heavy (non-hydrogen) atoms. The zero-order valence-electron chi connectivity index (χ0n) is 33.8. The van der Waals surface area contributed by atoms with Crippen molar-refractivity contribution in [2.45, 2.75) is 147 Å². The lowest BCUT2D eigenvalue weighted by Gasteiger charge is -2.47.